The first-order valence-electron chi connectivity index (χ1n) is 9.66. The van der Waals surface area contributed by atoms with Crippen LogP contribution in [0.25, 0.3) is 10.9 Å². The largest absolute Gasteiger partial charge is 0.469 e. The molecule has 0 spiro atoms. The third kappa shape index (κ3) is 4.43. The smallest absolute Gasteiger partial charge is 0.289 e. The lowest BCUT2D eigenvalue weighted by Crippen LogP contribution is -2.27. The Labute approximate surface area is 169 Å². The van der Waals surface area contributed by atoms with Crippen molar-refractivity contribution in [1.82, 2.24) is 15.3 Å². The standard InChI is InChI=1S/C23H22N4O2/c1-2-16-9-11-17(12-10-16)25-21-19-7-3-4-8-20(19)26-22(27-21)23(28)24-14-13-18-6-5-15-29-18/h3-12,15H,2,13-14H2,1H3,(H,24,28)(H,25,26,27). The number of furan rings is 1. The lowest BCUT2D eigenvalue weighted by molar-refractivity contribution is 0.0944. The Kier molecular flexibility index (Phi) is 5.52. The molecule has 0 aliphatic heterocycles. The normalized spacial score (nSPS) is 10.8. The molecule has 2 aromatic carbocycles. The van der Waals surface area contributed by atoms with E-state index in [4.69, 9.17) is 4.42 Å². The van der Waals surface area contributed by atoms with Crippen LogP contribution in [0.4, 0.5) is 11.5 Å². The highest BCUT2D eigenvalue weighted by Crippen LogP contribution is 2.24. The van der Waals surface area contributed by atoms with E-state index >= 15 is 0 Å². The molecule has 0 atom stereocenters. The zero-order valence-electron chi connectivity index (χ0n) is 16.2. The lowest BCUT2D eigenvalue weighted by atomic mass is 10.1. The van der Waals surface area contributed by atoms with Gasteiger partial charge in [-0.2, -0.15) is 0 Å². The molecule has 6 nitrogen and oxygen atoms in total. The minimum atomic E-state index is -0.313. The van der Waals surface area contributed by atoms with Crippen molar-refractivity contribution in [3.05, 3.63) is 84.1 Å². The second-order valence-electron chi connectivity index (χ2n) is 6.67. The Morgan fingerprint density at radius 2 is 1.83 bits per heavy atom. The van der Waals surface area contributed by atoms with E-state index in [0.29, 0.717) is 24.3 Å². The average Bonchev–Trinajstić information content (AvgIpc) is 3.27. The van der Waals surface area contributed by atoms with Gasteiger partial charge in [0.15, 0.2) is 0 Å². The van der Waals surface area contributed by atoms with Crippen molar-refractivity contribution < 1.29 is 9.21 Å². The van der Waals surface area contributed by atoms with Gasteiger partial charge in [0.2, 0.25) is 5.82 Å². The topological polar surface area (TPSA) is 80.0 Å². The molecule has 0 fully saturated rings. The number of aromatic nitrogens is 2. The van der Waals surface area contributed by atoms with Crippen molar-refractivity contribution in [2.45, 2.75) is 19.8 Å². The van der Waals surface area contributed by atoms with Gasteiger partial charge in [-0.15, -0.1) is 0 Å². The number of aryl methyl sites for hydroxylation is 1. The summed E-state index contributed by atoms with van der Waals surface area (Å²) in [4.78, 5) is 21.5. The molecule has 0 saturated carbocycles. The molecule has 2 heterocycles. The number of nitrogens with one attached hydrogen (secondary N) is 2. The third-order valence-corrected chi connectivity index (χ3v) is 4.67. The molecule has 0 saturated heterocycles. The summed E-state index contributed by atoms with van der Waals surface area (Å²) in [6.07, 6.45) is 3.22. The summed E-state index contributed by atoms with van der Waals surface area (Å²) in [6.45, 7) is 2.57. The van der Waals surface area contributed by atoms with Gasteiger partial charge < -0.3 is 15.1 Å². The highest BCUT2D eigenvalue weighted by Gasteiger charge is 2.14. The monoisotopic (exact) mass is 386 g/mol. The van der Waals surface area contributed by atoms with Gasteiger partial charge in [0.1, 0.15) is 11.6 Å². The molecule has 0 bridgehead atoms. The van der Waals surface area contributed by atoms with Gasteiger partial charge in [-0.3, -0.25) is 4.79 Å². The van der Waals surface area contributed by atoms with E-state index < -0.39 is 0 Å². The quantitative estimate of drug-likeness (QED) is 0.489. The fourth-order valence-electron chi connectivity index (χ4n) is 3.07. The number of hydrogen-bond donors (Lipinski definition) is 2. The fourth-order valence-corrected chi connectivity index (χ4v) is 3.07. The highest BCUT2D eigenvalue weighted by molar-refractivity contribution is 5.97. The number of nitrogens with zero attached hydrogens (tertiary/aromatic N) is 2. The summed E-state index contributed by atoms with van der Waals surface area (Å²) in [7, 11) is 0. The number of rotatable bonds is 7. The molecular weight excluding hydrogens is 364 g/mol. The first kappa shape index (κ1) is 18.7. The summed E-state index contributed by atoms with van der Waals surface area (Å²) >= 11 is 0. The average molecular weight is 386 g/mol. The minimum absolute atomic E-state index is 0.135. The highest BCUT2D eigenvalue weighted by atomic mass is 16.3. The van der Waals surface area contributed by atoms with E-state index in [1.165, 1.54) is 5.56 Å². The van der Waals surface area contributed by atoms with Gasteiger partial charge in [-0.25, -0.2) is 9.97 Å². The first-order chi connectivity index (χ1) is 14.2. The number of carbonyl (C=O) groups is 1. The molecule has 29 heavy (non-hydrogen) atoms. The number of benzene rings is 2. The van der Waals surface area contributed by atoms with Crippen LogP contribution in [0.2, 0.25) is 0 Å². The van der Waals surface area contributed by atoms with Crippen LogP contribution in [-0.2, 0) is 12.8 Å². The van der Waals surface area contributed by atoms with Crippen LogP contribution in [-0.4, -0.2) is 22.4 Å². The van der Waals surface area contributed by atoms with Gasteiger partial charge >= 0.3 is 0 Å². The number of carbonyl (C=O) groups excluding carboxylic acids is 1. The van der Waals surface area contributed by atoms with Crippen LogP contribution in [0, 0.1) is 0 Å². The second kappa shape index (κ2) is 8.56. The van der Waals surface area contributed by atoms with Gasteiger partial charge in [-0.1, -0.05) is 31.2 Å². The molecule has 2 N–H and O–H groups in total. The van der Waals surface area contributed by atoms with Gasteiger partial charge in [0, 0.05) is 24.0 Å². The minimum Gasteiger partial charge on any atom is -0.469 e. The van der Waals surface area contributed by atoms with Crippen molar-refractivity contribution >= 4 is 28.3 Å². The Morgan fingerprint density at radius 3 is 2.59 bits per heavy atom. The van der Waals surface area contributed by atoms with Crippen molar-refractivity contribution in [3.8, 4) is 0 Å². The summed E-state index contributed by atoms with van der Waals surface area (Å²) in [5.41, 5.74) is 2.89. The number of fused-ring (bicyclic) bond motifs is 1. The van der Waals surface area contributed by atoms with Gasteiger partial charge in [0.05, 0.1) is 11.8 Å². The van der Waals surface area contributed by atoms with Crippen molar-refractivity contribution in [1.29, 1.82) is 0 Å². The second-order valence-corrected chi connectivity index (χ2v) is 6.67. The third-order valence-electron chi connectivity index (χ3n) is 4.67. The Morgan fingerprint density at radius 1 is 1.00 bits per heavy atom. The fraction of sp³-hybridized carbons (Fsp3) is 0.174. The Balaban J connectivity index is 1.56. The van der Waals surface area contributed by atoms with Gasteiger partial charge in [0.25, 0.3) is 5.91 Å². The molecule has 0 unspecified atom stereocenters. The Bertz CT molecular complexity index is 1110. The molecule has 0 aliphatic carbocycles. The molecule has 0 radical (unpaired) electrons. The lowest BCUT2D eigenvalue weighted by Gasteiger charge is -2.11. The number of para-hydroxylation sites is 1. The van der Waals surface area contributed by atoms with Crippen LogP contribution in [0.1, 0.15) is 28.9 Å². The van der Waals surface area contributed by atoms with Crippen molar-refractivity contribution in [2.75, 3.05) is 11.9 Å². The zero-order chi connectivity index (χ0) is 20.1. The Hall–Kier alpha value is -3.67. The molecule has 2 aromatic heterocycles. The predicted molar refractivity (Wildman–Crippen MR) is 113 cm³/mol. The van der Waals surface area contributed by atoms with Crippen molar-refractivity contribution in [2.24, 2.45) is 0 Å². The summed E-state index contributed by atoms with van der Waals surface area (Å²) in [5, 5.41) is 7.04. The van der Waals surface area contributed by atoms with E-state index in [-0.39, 0.29) is 11.7 Å². The molecule has 6 heteroatoms. The van der Waals surface area contributed by atoms with Gasteiger partial charge in [-0.05, 0) is 48.4 Å². The van der Waals surface area contributed by atoms with Crippen molar-refractivity contribution in [3.63, 3.8) is 0 Å². The SMILES string of the molecule is CCc1ccc(Nc2nc(C(=O)NCCc3ccco3)nc3ccccc23)cc1. The number of amides is 1. The van der Waals surface area contributed by atoms with Crippen LogP contribution < -0.4 is 10.6 Å². The predicted octanol–water partition coefficient (Wildman–Crippen LogP) is 4.50. The summed E-state index contributed by atoms with van der Waals surface area (Å²) in [6, 6.07) is 19.5. The molecular formula is C23H22N4O2. The molecule has 0 aliphatic rings. The number of anilines is 2. The first-order valence-corrected chi connectivity index (χ1v) is 9.66. The van der Waals surface area contributed by atoms with Crippen LogP contribution in [0.15, 0.2) is 71.3 Å². The van der Waals surface area contributed by atoms with Crippen LogP contribution in [0.5, 0.6) is 0 Å². The summed E-state index contributed by atoms with van der Waals surface area (Å²) in [5.74, 6) is 1.25. The molecule has 4 aromatic rings. The maximum absolute atomic E-state index is 12.6. The van der Waals surface area contributed by atoms with Crippen LogP contribution in [0.3, 0.4) is 0 Å². The van der Waals surface area contributed by atoms with E-state index in [1.807, 2.05) is 48.5 Å². The van der Waals surface area contributed by atoms with E-state index in [1.54, 1.807) is 6.26 Å². The molecule has 4 rings (SSSR count). The zero-order valence-corrected chi connectivity index (χ0v) is 16.2. The molecule has 146 valence electrons. The summed E-state index contributed by atoms with van der Waals surface area (Å²) < 4.78 is 5.29. The van der Waals surface area contributed by atoms with E-state index in [0.717, 1.165) is 23.3 Å². The van der Waals surface area contributed by atoms with Crippen LogP contribution >= 0.6 is 0 Å². The number of hydrogen-bond acceptors (Lipinski definition) is 5. The van der Waals surface area contributed by atoms with E-state index in [9.17, 15) is 4.79 Å². The maximum Gasteiger partial charge on any atom is 0.289 e. The van der Waals surface area contributed by atoms with E-state index in [2.05, 4.69) is 39.7 Å². The molecule has 1 amide bonds. The maximum atomic E-state index is 12.6.